The van der Waals surface area contributed by atoms with E-state index in [9.17, 15) is 4.79 Å². The highest BCUT2D eigenvalue weighted by molar-refractivity contribution is 5.79. The van der Waals surface area contributed by atoms with E-state index >= 15 is 0 Å². The summed E-state index contributed by atoms with van der Waals surface area (Å²) in [5, 5.41) is 0. The van der Waals surface area contributed by atoms with Crippen LogP contribution >= 0.6 is 0 Å². The zero-order valence-electron chi connectivity index (χ0n) is 9.15. The largest absolute Gasteiger partial charge is 0.377 e. The van der Waals surface area contributed by atoms with E-state index in [1.807, 2.05) is 4.90 Å². The lowest BCUT2D eigenvalue weighted by molar-refractivity contribution is -0.143. The topological polar surface area (TPSA) is 55.6 Å². The molecule has 2 fully saturated rings. The maximum atomic E-state index is 12.2. The molecule has 0 bridgehead atoms. The number of carbonyl (C=O) groups excluding carboxylic acids is 1. The Bertz CT molecular complexity index is 227. The molecule has 86 valence electrons. The molecule has 0 spiro atoms. The summed E-state index contributed by atoms with van der Waals surface area (Å²) >= 11 is 0. The summed E-state index contributed by atoms with van der Waals surface area (Å²) in [4.78, 5) is 14.1. The van der Waals surface area contributed by atoms with Gasteiger partial charge in [0.15, 0.2) is 0 Å². The molecule has 4 nitrogen and oxygen atoms in total. The van der Waals surface area contributed by atoms with E-state index in [0.29, 0.717) is 25.7 Å². The van der Waals surface area contributed by atoms with Gasteiger partial charge >= 0.3 is 0 Å². The van der Waals surface area contributed by atoms with Crippen LogP contribution in [0.2, 0.25) is 0 Å². The molecule has 15 heavy (non-hydrogen) atoms. The third kappa shape index (κ3) is 2.32. The Morgan fingerprint density at radius 3 is 2.80 bits per heavy atom. The Hall–Kier alpha value is -0.610. The third-order valence-electron chi connectivity index (χ3n) is 3.49. The van der Waals surface area contributed by atoms with E-state index in [-0.39, 0.29) is 12.0 Å². The molecule has 0 aromatic heterocycles. The normalized spacial score (nSPS) is 28.3. The van der Waals surface area contributed by atoms with Gasteiger partial charge in [-0.15, -0.1) is 0 Å². The minimum atomic E-state index is 0.104. The SMILES string of the molecule is NCC1COCCN1C(=O)C1CCCC1. The van der Waals surface area contributed by atoms with Crippen LogP contribution < -0.4 is 5.73 Å². The lowest BCUT2D eigenvalue weighted by Gasteiger charge is -2.36. The first kappa shape index (κ1) is 10.9. The van der Waals surface area contributed by atoms with Gasteiger partial charge in [0.25, 0.3) is 0 Å². The van der Waals surface area contributed by atoms with Gasteiger partial charge in [0.1, 0.15) is 0 Å². The lowest BCUT2D eigenvalue weighted by atomic mass is 10.0. The van der Waals surface area contributed by atoms with Gasteiger partial charge in [-0.05, 0) is 12.8 Å². The highest BCUT2D eigenvalue weighted by Crippen LogP contribution is 2.27. The first-order valence-electron chi connectivity index (χ1n) is 5.91. The van der Waals surface area contributed by atoms with Crippen LogP contribution in [0.15, 0.2) is 0 Å². The molecule has 1 saturated carbocycles. The molecule has 1 aliphatic carbocycles. The molecule has 1 aliphatic heterocycles. The summed E-state index contributed by atoms with van der Waals surface area (Å²) < 4.78 is 5.34. The standard InChI is InChI=1S/C11H20N2O2/c12-7-10-8-15-6-5-13(10)11(14)9-3-1-2-4-9/h9-10H,1-8,12H2. The second kappa shape index (κ2) is 4.94. The van der Waals surface area contributed by atoms with Crippen LogP contribution in [0.1, 0.15) is 25.7 Å². The summed E-state index contributed by atoms with van der Waals surface area (Å²) in [6, 6.07) is 0.104. The summed E-state index contributed by atoms with van der Waals surface area (Å²) in [6.45, 7) is 2.50. The first-order valence-corrected chi connectivity index (χ1v) is 5.91. The molecule has 1 heterocycles. The van der Waals surface area contributed by atoms with Gasteiger partial charge in [-0.2, -0.15) is 0 Å². The number of nitrogens with two attached hydrogens (primary N) is 1. The van der Waals surface area contributed by atoms with E-state index < -0.39 is 0 Å². The molecule has 1 amide bonds. The summed E-state index contributed by atoms with van der Waals surface area (Å²) in [7, 11) is 0. The van der Waals surface area contributed by atoms with Crippen molar-refractivity contribution in [2.75, 3.05) is 26.3 Å². The van der Waals surface area contributed by atoms with Gasteiger partial charge in [-0.3, -0.25) is 4.79 Å². The maximum absolute atomic E-state index is 12.2. The van der Waals surface area contributed by atoms with Crippen LogP contribution in [0, 0.1) is 5.92 Å². The second-order valence-electron chi connectivity index (χ2n) is 4.48. The lowest BCUT2D eigenvalue weighted by Crippen LogP contribution is -2.53. The molecular formula is C11H20N2O2. The van der Waals surface area contributed by atoms with E-state index in [2.05, 4.69) is 0 Å². The number of hydrogen-bond donors (Lipinski definition) is 1. The Kier molecular flexibility index (Phi) is 3.59. The van der Waals surface area contributed by atoms with Crippen molar-refractivity contribution >= 4 is 5.91 Å². The quantitative estimate of drug-likeness (QED) is 0.719. The van der Waals surface area contributed by atoms with Crippen molar-refractivity contribution in [2.24, 2.45) is 11.7 Å². The van der Waals surface area contributed by atoms with Crippen molar-refractivity contribution in [3.63, 3.8) is 0 Å². The van der Waals surface area contributed by atoms with Crippen molar-refractivity contribution in [3.05, 3.63) is 0 Å². The Morgan fingerprint density at radius 1 is 1.40 bits per heavy atom. The van der Waals surface area contributed by atoms with Crippen molar-refractivity contribution in [3.8, 4) is 0 Å². The number of morpholine rings is 1. The van der Waals surface area contributed by atoms with Crippen molar-refractivity contribution < 1.29 is 9.53 Å². The number of rotatable bonds is 2. The zero-order chi connectivity index (χ0) is 10.7. The number of carbonyl (C=O) groups is 1. The summed E-state index contributed by atoms with van der Waals surface area (Å²) in [5.74, 6) is 0.573. The predicted molar refractivity (Wildman–Crippen MR) is 57.3 cm³/mol. The second-order valence-corrected chi connectivity index (χ2v) is 4.48. The van der Waals surface area contributed by atoms with Gasteiger partial charge in [0.2, 0.25) is 5.91 Å². The summed E-state index contributed by atoms with van der Waals surface area (Å²) in [6.07, 6.45) is 4.53. The molecule has 1 unspecified atom stereocenters. The highest BCUT2D eigenvalue weighted by Gasteiger charge is 2.32. The first-order chi connectivity index (χ1) is 7.33. The van der Waals surface area contributed by atoms with Crippen LogP contribution in [0.5, 0.6) is 0 Å². The molecule has 0 radical (unpaired) electrons. The Labute approximate surface area is 90.8 Å². The molecule has 0 aromatic rings. The van der Waals surface area contributed by atoms with Gasteiger partial charge in [0.05, 0.1) is 19.3 Å². The van der Waals surface area contributed by atoms with Crippen molar-refractivity contribution in [1.29, 1.82) is 0 Å². The van der Waals surface area contributed by atoms with Gasteiger partial charge in [0, 0.05) is 19.0 Å². The van der Waals surface area contributed by atoms with E-state index in [1.165, 1.54) is 12.8 Å². The average Bonchev–Trinajstić information content (AvgIpc) is 2.81. The number of hydrogen-bond acceptors (Lipinski definition) is 3. The minimum Gasteiger partial charge on any atom is -0.377 e. The van der Waals surface area contributed by atoms with Crippen LogP contribution in [0.4, 0.5) is 0 Å². The van der Waals surface area contributed by atoms with Crippen molar-refractivity contribution in [2.45, 2.75) is 31.7 Å². The van der Waals surface area contributed by atoms with Gasteiger partial charge in [-0.1, -0.05) is 12.8 Å². The van der Waals surface area contributed by atoms with Crippen LogP contribution in [0.3, 0.4) is 0 Å². The van der Waals surface area contributed by atoms with Crippen LogP contribution in [-0.2, 0) is 9.53 Å². The zero-order valence-corrected chi connectivity index (χ0v) is 9.15. The van der Waals surface area contributed by atoms with Crippen LogP contribution in [0.25, 0.3) is 0 Å². The fourth-order valence-electron chi connectivity index (χ4n) is 2.55. The monoisotopic (exact) mass is 212 g/mol. The highest BCUT2D eigenvalue weighted by atomic mass is 16.5. The molecule has 4 heteroatoms. The van der Waals surface area contributed by atoms with Crippen molar-refractivity contribution in [1.82, 2.24) is 4.90 Å². The van der Waals surface area contributed by atoms with Gasteiger partial charge < -0.3 is 15.4 Å². The van der Waals surface area contributed by atoms with E-state index in [0.717, 1.165) is 19.4 Å². The fourth-order valence-corrected chi connectivity index (χ4v) is 2.55. The molecule has 2 aliphatic rings. The average molecular weight is 212 g/mol. The molecule has 1 atom stereocenters. The predicted octanol–water partition coefficient (Wildman–Crippen LogP) is 0.363. The Balaban J connectivity index is 1.96. The summed E-state index contributed by atoms with van der Waals surface area (Å²) in [5.41, 5.74) is 5.66. The smallest absolute Gasteiger partial charge is 0.226 e. The number of amides is 1. The fraction of sp³-hybridized carbons (Fsp3) is 0.909. The molecule has 2 N–H and O–H groups in total. The number of ether oxygens (including phenoxy) is 1. The van der Waals surface area contributed by atoms with E-state index in [1.54, 1.807) is 0 Å². The Morgan fingerprint density at radius 2 is 2.13 bits per heavy atom. The molecule has 1 saturated heterocycles. The van der Waals surface area contributed by atoms with E-state index in [4.69, 9.17) is 10.5 Å². The third-order valence-corrected chi connectivity index (χ3v) is 3.49. The number of nitrogens with zero attached hydrogens (tertiary/aromatic N) is 1. The minimum absolute atomic E-state index is 0.104. The molecular weight excluding hydrogens is 192 g/mol. The molecule has 2 rings (SSSR count). The maximum Gasteiger partial charge on any atom is 0.226 e. The molecule has 0 aromatic carbocycles. The van der Waals surface area contributed by atoms with Crippen LogP contribution in [-0.4, -0.2) is 43.2 Å². The van der Waals surface area contributed by atoms with Gasteiger partial charge in [-0.25, -0.2) is 0 Å².